The van der Waals surface area contributed by atoms with Gasteiger partial charge in [-0.3, -0.25) is 4.57 Å². The fraction of sp³-hybridized carbons (Fsp3) is 0.389. The predicted molar refractivity (Wildman–Crippen MR) is 89.8 cm³/mol. The highest BCUT2D eigenvalue weighted by Gasteiger charge is 2.40. The van der Waals surface area contributed by atoms with Crippen LogP contribution in [-0.4, -0.2) is 31.3 Å². The SMILES string of the molecule is Oc1cccc2c1N1CCC[C@H]1c1c(-c3noc(C4CC4)n3)ncn1-2. The van der Waals surface area contributed by atoms with Crippen LogP contribution in [0.1, 0.15) is 49.2 Å². The van der Waals surface area contributed by atoms with Gasteiger partial charge in [0.2, 0.25) is 11.7 Å². The van der Waals surface area contributed by atoms with Gasteiger partial charge in [0, 0.05) is 12.5 Å². The van der Waals surface area contributed by atoms with Gasteiger partial charge in [0.25, 0.3) is 0 Å². The van der Waals surface area contributed by atoms with E-state index in [0.29, 0.717) is 17.5 Å². The quantitative estimate of drug-likeness (QED) is 0.775. The van der Waals surface area contributed by atoms with Crippen molar-refractivity contribution in [2.24, 2.45) is 0 Å². The molecule has 1 N–H and O–H groups in total. The maximum atomic E-state index is 10.4. The van der Waals surface area contributed by atoms with Crippen molar-refractivity contribution in [1.82, 2.24) is 19.7 Å². The van der Waals surface area contributed by atoms with Crippen LogP contribution in [0.25, 0.3) is 17.2 Å². The largest absolute Gasteiger partial charge is 0.506 e. The fourth-order valence-corrected chi connectivity index (χ4v) is 4.19. The highest BCUT2D eigenvalue weighted by Crippen LogP contribution is 2.50. The third kappa shape index (κ3) is 1.78. The van der Waals surface area contributed by atoms with Gasteiger partial charge in [-0.05, 0) is 37.8 Å². The molecule has 25 heavy (non-hydrogen) atoms. The summed E-state index contributed by atoms with van der Waals surface area (Å²) in [6.45, 7) is 0.930. The number of nitrogens with zero attached hydrogens (tertiary/aromatic N) is 5. The Bertz CT molecular complexity index is 987. The van der Waals surface area contributed by atoms with Gasteiger partial charge in [0.05, 0.1) is 17.4 Å². The molecular weight excluding hydrogens is 318 g/mol. The molecule has 0 spiro atoms. The lowest BCUT2D eigenvalue weighted by atomic mass is 10.0. The van der Waals surface area contributed by atoms with Crippen LogP contribution in [0.4, 0.5) is 5.69 Å². The molecule has 0 amide bonds. The van der Waals surface area contributed by atoms with Crippen LogP contribution in [-0.2, 0) is 0 Å². The molecule has 0 radical (unpaired) electrons. The standard InChI is InChI=1S/C18H17N5O2/c24-13-5-1-3-11-15(13)22-8-2-4-12(22)16-14(19-9-23(11)16)17-20-18(25-21-17)10-6-7-10/h1,3,5,9-10,12,24H,2,4,6-8H2/t12-/m0/s1. The van der Waals surface area contributed by atoms with Crippen LogP contribution in [0, 0.1) is 0 Å². The Hall–Kier alpha value is -2.83. The zero-order valence-electron chi connectivity index (χ0n) is 13.6. The van der Waals surface area contributed by atoms with Crippen LogP contribution in [0.5, 0.6) is 5.75 Å². The average Bonchev–Trinajstić information content (AvgIpc) is 3.03. The van der Waals surface area contributed by atoms with E-state index in [2.05, 4.69) is 24.6 Å². The van der Waals surface area contributed by atoms with Crippen LogP contribution in [0.3, 0.4) is 0 Å². The van der Waals surface area contributed by atoms with Crippen molar-refractivity contribution in [3.05, 3.63) is 36.1 Å². The predicted octanol–water partition coefficient (Wildman–Crippen LogP) is 3.16. The number of phenols is 1. The number of hydrogen-bond donors (Lipinski definition) is 1. The normalized spacial score (nSPS) is 21.1. The van der Waals surface area contributed by atoms with E-state index in [-0.39, 0.29) is 6.04 Å². The van der Waals surface area contributed by atoms with Crippen molar-refractivity contribution in [3.8, 4) is 23.0 Å². The summed E-state index contributed by atoms with van der Waals surface area (Å²) >= 11 is 0. The molecule has 3 aliphatic rings. The number of fused-ring (bicyclic) bond motifs is 6. The summed E-state index contributed by atoms with van der Waals surface area (Å²) < 4.78 is 7.51. The van der Waals surface area contributed by atoms with Crippen LogP contribution >= 0.6 is 0 Å². The van der Waals surface area contributed by atoms with Gasteiger partial charge in [0.15, 0.2) is 0 Å². The Balaban J connectivity index is 1.56. The lowest BCUT2D eigenvalue weighted by Gasteiger charge is -2.35. The van der Waals surface area contributed by atoms with Gasteiger partial charge in [0.1, 0.15) is 23.5 Å². The first-order chi connectivity index (χ1) is 12.3. The molecule has 1 aliphatic carbocycles. The summed E-state index contributed by atoms with van der Waals surface area (Å²) in [5.41, 5.74) is 3.74. The number of imidazole rings is 1. The number of rotatable bonds is 2. The van der Waals surface area contributed by atoms with E-state index < -0.39 is 0 Å². The van der Waals surface area contributed by atoms with Gasteiger partial charge >= 0.3 is 0 Å². The summed E-state index contributed by atoms with van der Waals surface area (Å²) in [6.07, 6.45) is 6.19. The van der Waals surface area contributed by atoms with E-state index in [1.807, 2.05) is 18.5 Å². The molecular formula is C18H17N5O2. The molecule has 0 bridgehead atoms. The van der Waals surface area contributed by atoms with E-state index in [1.54, 1.807) is 6.07 Å². The van der Waals surface area contributed by atoms with Crippen LogP contribution in [0.2, 0.25) is 0 Å². The molecule has 126 valence electrons. The highest BCUT2D eigenvalue weighted by atomic mass is 16.5. The lowest BCUT2D eigenvalue weighted by molar-refractivity contribution is 0.380. The second-order valence-corrected chi connectivity index (χ2v) is 7.08. The summed E-state index contributed by atoms with van der Waals surface area (Å²) in [5, 5.41) is 14.6. The molecule has 2 aliphatic heterocycles. The van der Waals surface area contributed by atoms with Crippen molar-refractivity contribution in [2.45, 2.75) is 37.6 Å². The van der Waals surface area contributed by atoms with Gasteiger partial charge in [-0.1, -0.05) is 11.2 Å². The highest BCUT2D eigenvalue weighted by molar-refractivity contribution is 5.76. The van der Waals surface area contributed by atoms with Gasteiger partial charge in [-0.2, -0.15) is 4.98 Å². The molecule has 7 nitrogen and oxygen atoms in total. The zero-order valence-corrected chi connectivity index (χ0v) is 13.6. The molecule has 6 rings (SSSR count). The molecule has 2 fully saturated rings. The van der Waals surface area contributed by atoms with Gasteiger partial charge in [-0.15, -0.1) is 0 Å². The van der Waals surface area contributed by atoms with Crippen molar-refractivity contribution >= 4 is 5.69 Å². The Morgan fingerprint density at radius 1 is 1.20 bits per heavy atom. The average molecular weight is 335 g/mol. The number of aromatic nitrogens is 4. The summed E-state index contributed by atoms with van der Waals surface area (Å²) in [4.78, 5) is 11.5. The molecule has 0 unspecified atom stereocenters. The topological polar surface area (TPSA) is 80.2 Å². The smallest absolute Gasteiger partial charge is 0.230 e. The Labute approximate surface area is 143 Å². The Morgan fingerprint density at radius 3 is 3.00 bits per heavy atom. The first-order valence-electron chi connectivity index (χ1n) is 8.81. The lowest BCUT2D eigenvalue weighted by Crippen LogP contribution is -2.30. The molecule has 1 saturated heterocycles. The second-order valence-electron chi connectivity index (χ2n) is 7.08. The minimum absolute atomic E-state index is 0.182. The first kappa shape index (κ1) is 13.5. The molecule has 4 heterocycles. The molecule has 1 aromatic carbocycles. The second kappa shape index (κ2) is 4.62. The fourth-order valence-electron chi connectivity index (χ4n) is 4.19. The third-order valence-corrected chi connectivity index (χ3v) is 5.49. The molecule has 7 heteroatoms. The number of anilines is 1. The summed E-state index contributed by atoms with van der Waals surface area (Å²) in [7, 11) is 0. The molecule has 1 saturated carbocycles. The maximum Gasteiger partial charge on any atom is 0.230 e. The van der Waals surface area contributed by atoms with Crippen molar-refractivity contribution in [3.63, 3.8) is 0 Å². The minimum atomic E-state index is 0.182. The number of para-hydroxylation sites is 1. The van der Waals surface area contributed by atoms with Crippen molar-refractivity contribution in [1.29, 1.82) is 0 Å². The first-order valence-corrected chi connectivity index (χ1v) is 8.81. The number of hydrogen-bond acceptors (Lipinski definition) is 6. The van der Waals surface area contributed by atoms with E-state index >= 15 is 0 Å². The Kier molecular flexibility index (Phi) is 2.49. The summed E-state index contributed by atoms with van der Waals surface area (Å²) in [6, 6.07) is 5.82. The van der Waals surface area contributed by atoms with Crippen LogP contribution in [0.15, 0.2) is 29.0 Å². The number of aromatic hydroxyl groups is 1. The number of benzene rings is 1. The van der Waals surface area contributed by atoms with Crippen molar-refractivity contribution in [2.75, 3.05) is 11.4 Å². The third-order valence-electron chi connectivity index (χ3n) is 5.49. The van der Waals surface area contributed by atoms with E-state index in [0.717, 1.165) is 60.9 Å². The molecule has 1 atom stereocenters. The summed E-state index contributed by atoms with van der Waals surface area (Å²) in [5.74, 6) is 2.06. The van der Waals surface area contributed by atoms with Crippen molar-refractivity contribution < 1.29 is 9.63 Å². The minimum Gasteiger partial charge on any atom is -0.506 e. The monoisotopic (exact) mass is 335 g/mol. The number of phenolic OH excluding ortho intramolecular Hbond substituents is 1. The Morgan fingerprint density at radius 2 is 2.12 bits per heavy atom. The van der Waals surface area contributed by atoms with Gasteiger partial charge in [-0.25, -0.2) is 4.98 Å². The van der Waals surface area contributed by atoms with Crippen LogP contribution < -0.4 is 4.90 Å². The van der Waals surface area contributed by atoms with E-state index in [9.17, 15) is 5.11 Å². The molecule has 3 aromatic rings. The maximum absolute atomic E-state index is 10.4. The van der Waals surface area contributed by atoms with Gasteiger partial charge < -0.3 is 14.5 Å². The van der Waals surface area contributed by atoms with E-state index in [4.69, 9.17) is 4.52 Å². The van der Waals surface area contributed by atoms with E-state index in [1.165, 1.54) is 0 Å². The zero-order chi connectivity index (χ0) is 16.5. The molecule has 2 aromatic heterocycles.